The van der Waals surface area contributed by atoms with Gasteiger partial charge in [-0.2, -0.15) is 8.42 Å². The second kappa shape index (κ2) is 11.6. The fourth-order valence-corrected chi connectivity index (χ4v) is 3.85. The van der Waals surface area contributed by atoms with Gasteiger partial charge in [0.05, 0.1) is 5.69 Å². The van der Waals surface area contributed by atoms with E-state index >= 15 is 0 Å². The molecule has 0 aliphatic carbocycles. The van der Waals surface area contributed by atoms with E-state index in [1.807, 2.05) is 9.44 Å². The van der Waals surface area contributed by atoms with E-state index in [4.69, 9.17) is 9.15 Å². The third-order valence-electron chi connectivity index (χ3n) is 4.94. The number of benzene rings is 2. The molecule has 0 spiro atoms. The number of aromatic nitrogens is 2. The Hall–Kier alpha value is -2.26. The quantitative estimate of drug-likeness (QED) is 0.253. The van der Waals surface area contributed by atoms with Gasteiger partial charge in [0.15, 0.2) is 5.82 Å². The van der Waals surface area contributed by atoms with Crippen LogP contribution in [0.25, 0.3) is 11.0 Å². The van der Waals surface area contributed by atoms with Crippen molar-refractivity contribution >= 4 is 26.9 Å². The zero-order valence-corrected chi connectivity index (χ0v) is 22.6. The van der Waals surface area contributed by atoms with E-state index in [1.54, 1.807) is 6.07 Å². The molecule has 0 bridgehead atoms. The summed E-state index contributed by atoms with van der Waals surface area (Å²) in [6.45, 7) is -1.01. The number of nitrogens with one attached hydrogen (secondary N) is 2. The number of nitrogens with zero attached hydrogens (tertiary/aromatic N) is 2. The largest absolute Gasteiger partial charge is 1.00 e. The van der Waals surface area contributed by atoms with E-state index in [1.165, 1.54) is 55.8 Å². The molecule has 0 saturated heterocycles. The molecule has 0 amide bonds. The van der Waals surface area contributed by atoms with Gasteiger partial charge in [0, 0.05) is 48.4 Å². The SMILES string of the molecule is CNS(=O)(=O)Nc1cccc(Cc2c(CF)c3ccc(Oc4ncccn4)cc3oc2=O)c1F.[H-].[K+]. The first-order valence-corrected chi connectivity index (χ1v) is 11.4. The van der Waals surface area contributed by atoms with Crippen molar-refractivity contribution in [3.05, 3.63) is 87.8 Å². The maximum atomic E-state index is 15.0. The van der Waals surface area contributed by atoms with Gasteiger partial charge in [-0.1, -0.05) is 12.1 Å². The number of rotatable bonds is 8. The van der Waals surface area contributed by atoms with Crippen LogP contribution in [-0.2, 0) is 23.3 Å². The summed E-state index contributed by atoms with van der Waals surface area (Å²) in [5.41, 5.74) is -1.15. The molecule has 4 aromatic rings. The fourth-order valence-electron chi connectivity index (χ4n) is 3.30. The maximum absolute atomic E-state index is 15.0. The molecule has 0 saturated carbocycles. The first kappa shape index (κ1) is 27.3. The zero-order chi connectivity index (χ0) is 24.3. The summed E-state index contributed by atoms with van der Waals surface area (Å²) in [7, 11) is -2.79. The fraction of sp³-hybridized carbons (Fsp3) is 0.136. The number of anilines is 1. The Balaban J connectivity index is 0.00000228. The molecule has 4 rings (SSSR count). The van der Waals surface area contributed by atoms with Gasteiger partial charge in [-0.25, -0.2) is 28.3 Å². The van der Waals surface area contributed by atoms with E-state index in [-0.39, 0.29) is 99.0 Å². The predicted octanol–water partition coefficient (Wildman–Crippen LogP) is 0.567. The van der Waals surface area contributed by atoms with Crippen LogP contribution in [0.3, 0.4) is 0 Å². The van der Waals surface area contributed by atoms with Crippen molar-refractivity contribution in [1.29, 1.82) is 0 Å². The summed E-state index contributed by atoms with van der Waals surface area (Å²) in [6.07, 6.45) is 2.68. The molecule has 0 atom stereocenters. The topological polar surface area (TPSA) is 123 Å². The number of halogens is 2. The maximum Gasteiger partial charge on any atom is 1.00 e. The number of fused-ring (bicyclic) bond motifs is 1. The summed E-state index contributed by atoms with van der Waals surface area (Å²) in [5, 5.41) is 0.311. The average Bonchev–Trinajstić information content (AvgIpc) is 2.82. The van der Waals surface area contributed by atoms with E-state index < -0.39 is 28.3 Å². The summed E-state index contributed by atoms with van der Waals surface area (Å²) in [5.74, 6) is -0.618. The minimum atomic E-state index is -3.96. The van der Waals surface area contributed by atoms with E-state index in [9.17, 15) is 22.0 Å². The molecule has 13 heteroatoms. The predicted molar refractivity (Wildman–Crippen MR) is 121 cm³/mol. The number of hydrogen-bond donors (Lipinski definition) is 2. The second-order valence-corrected chi connectivity index (χ2v) is 8.66. The van der Waals surface area contributed by atoms with Crippen LogP contribution in [0.1, 0.15) is 18.1 Å². The molecule has 2 N–H and O–H groups in total. The van der Waals surface area contributed by atoms with Gasteiger partial charge in [0.2, 0.25) is 0 Å². The van der Waals surface area contributed by atoms with E-state index in [2.05, 4.69) is 9.97 Å². The van der Waals surface area contributed by atoms with Crippen LogP contribution in [0, 0.1) is 5.82 Å². The van der Waals surface area contributed by atoms with Gasteiger partial charge in [0.1, 0.15) is 18.0 Å². The molecule has 0 aliphatic rings. The van der Waals surface area contributed by atoms with Gasteiger partial charge in [-0.3, -0.25) is 4.72 Å². The van der Waals surface area contributed by atoms with Crippen LogP contribution in [0.15, 0.2) is 64.1 Å². The molecular formula is C22H19F2KN4O5S. The Kier molecular flexibility index (Phi) is 9.09. The van der Waals surface area contributed by atoms with E-state index in [0.29, 0.717) is 5.39 Å². The van der Waals surface area contributed by atoms with Crippen molar-refractivity contribution in [2.24, 2.45) is 0 Å². The van der Waals surface area contributed by atoms with Gasteiger partial charge in [0.25, 0.3) is 10.2 Å². The van der Waals surface area contributed by atoms with Crippen molar-refractivity contribution in [3.8, 4) is 11.8 Å². The summed E-state index contributed by atoms with van der Waals surface area (Å²) in [4.78, 5) is 20.6. The Labute approximate surface area is 243 Å². The Morgan fingerprint density at radius 2 is 1.86 bits per heavy atom. The number of alkyl halides is 1. The van der Waals surface area contributed by atoms with Gasteiger partial charge >= 0.3 is 63.0 Å². The smallest absolute Gasteiger partial charge is 1.00 e. The average molecular weight is 529 g/mol. The van der Waals surface area contributed by atoms with Crippen molar-refractivity contribution < 1.29 is 79.2 Å². The first-order valence-electron chi connectivity index (χ1n) is 9.89. The van der Waals surface area contributed by atoms with Gasteiger partial charge in [-0.15, -0.1) is 0 Å². The Morgan fingerprint density at radius 3 is 2.54 bits per heavy atom. The van der Waals surface area contributed by atoms with Crippen LogP contribution >= 0.6 is 0 Å². The molecule has 0 unspecified atom stereocenters. The Morgan fingerprint density at radius 1 is 1.11 bits per heavy atom. The van der Waals surface area contributed by atoms with E-state index in [0.717, 1.165) is 0 Å². The molecule has 178 valence electrons. The summed E-state index contributed by atoms with van der Waals surface area (Å²) >= 11 is 0. The standard InChI is InChI=1S/C22H18F2N4O5S.K.H/c1-25-34(30,31)28-18-5-2-4-13(20(18)24)10-16-17(12-23)15-7-6-14(11-19(15)33-21(16)29)32-22-26-8-3-9-27-22;;/h2-9,11,25,28H,10,12H2,1H3;;/q;+1;-1. The van der Waals surface area contributed by atoms with Crippen LogP contribution < -0.4 is 71.2 Å². The van der Waals surface area contributed by atoms with Crippen LogP contribution in [0.5, 0.6) is 11.8 Å². The third-order valence-corrected chi connectivity index (χ3v) is 5.96. The molecule has 0 radical (unpaired) electrons. The van der Waals surface area contributed by atoms with Crippen LogP contribution in [-0.4, -0.2) is 25.4 Å². The minimum absolute atomic E-state index is 0. The van der Waals surface area contributed by atoms with Crippen LogP contribution in [0.2, 0.25) is 0 Å². The second-order valence-electron chi connectivity index (χ2n) is 7.04. The minimum Gasteiger partial charge on any atom is -1.00 e. The molecule has 9 nitrogen and oxygen atoms in total. The molecule has 0 fully saturated rings. The van der Waals surface area contributed by atoms with Crippen molar-refractivity contribution in [2.75, 3.05) is 11.8 Å². The molecule has 0 aliphatic heterocycles. The molecule has 2 aromatic carbocycles. The summed E-state index contributed by atoms with van der Waals surface area (Å²) in [6, 6.07) is 10.2. The number of ether oxygens (including phenoxy) is 1. The van der Waals surface area contributed by atoms with Crippen LogP contribution in [0.4, 0.5) is 14.5 Å². The van der Waals surface area contributed by atoms with Crippen molar-refractivity contribution in [2.45, 2.75) is 13.1 Å². The molecule has 2 aromatic heterocycles. The van der Waals surface area contributed by atoms with Gasteiger partial charge in [-0.05, 0) is 29.8 Å². The number of hydrogen-bond acceptors (Lipinski definition) is 7. The molecule has 2 heterocycles. The molecule has 35 heavy (non-hydrogen) atoms. The third kappa shape index (κ3) is 6.30. The zero-order valence-electron chi connectivity index (χ0n) is 19.7. The normalized spacial score (nSPS) is 11.2. The summed E-state index contributed by atoms with van der Waals surface area (Å²) < 4.78 is 67.4. The monoisotopic (exact) mass is 528 g/mol. The Bertz CT molecular complexity index is 1520. The molecular weight excluding hydrogens is 509 g/mol. The van der Waals surface area contributed by atoms with Gasteiger partial charge < -0.3 is 10.6 Å². The van der Waals surface area contributed by atoms with Crippen molar-refractivity contribution in [1.82, 2.24) is 14.7 Å². The first-order chi connectivity index (χ1) is 16.3. The van der Waals surface area contributed by atoms with Crippen molar-refractivity contribution in [3.63, 3.8) is 0 Å².